The number of hydrogen-bond donors (Lipinski definition) is 0. The van der Waals surface area contributed by atoms with Crippen molar-refractivity contribution in [2.45, 2.75) is 33.1 Å². The van der Waals surface area contributed by atoms with Crippen LogP contribution in [-0.2, 0) is 12.5 Å². The van der Waals surface area contributed by atoms with E-state index in [2.05, 4.69) is 135 Å². The largest absolute Gasteiger partial charge is 0.308 e. The Kier molecular flexibility index (Phi) is 4.94. The third-order valence-electron chi connectivity index (χ3n) is 8.31. The van der Waals surface area contributed by atoms with Crippen LogP contribution in [0.5, 0.6) is 0 Å². The summed E-state index contributed by atoms with van der Waals surface area (Å²) >= 11 is 0. The van der Waals surface area contributed by atoms with Crippen LogP contribution in [0.3, 0.4) is 0 Å². The lowest BCUT2D eigenvalue weighted by Crippen LogP contribution is -2.33. The predicted octanol–water partition coefficient (Wildman–Crippen LogP) is 9.19. The Morgan fingerprint density at radius 2 is 1.26 bits per heavy atom. The van der Waals surface area contributed by atoms with Gasteiger partial charge >= 0.3 is 0 Å². The minimum atomic E-state index is -0.00669. The van der Waals surface area contributed by atoms with Gasteiger partial charge in [0, 0.05) is 22.9 Å². The number of pyridine rings is 1. The lowest BCUT2D eigenvalue weighted by Gasteiger charge is -2.24. The van der Waals surface area contributed by atoms with Crippen LogP contribution in [0.15, 0.2) is 109 Å². The summed E-state index contributed by atoms with van der Waals surface area (Å²) in [6, 6.07) is 37.3. The van der Waals surface area contributed by atoms with Crippen molar-refractivity contribution in [3.63, 3.8) is 0 Å². The van der Waals surface area contributed by atoms with Crippen LogP contribution in [0.2, 0.25) is 0 Å². The first kappa shape index (κ1) is 22.5. The molecule has 7 rings (SSSR count). The van der Waals surface area contributed by atoms with Crippen LogP contribution in [0.25, 0.3) is 60.4 Å². The van der Waals surface area contributed by atoms with Gasteiger partial charge in [-0.05, 0) is 58.5 Å². The van der Waals surface area contributed by atoms with E-state index in [-0.39, 0.29) is 5.41 Å². The molecule has 0 radical (unpaired) electrons. The minimum Gasteiger partial charge on any atom is -0.308 e. The summed E-state index contributed by atoms with van der Waals surface area (Å²) in [6.07, 6.45) is 0. The molecule has 0 N–H and O–H groups in total. The summed E-state index contributed by atoms with van der Waals surface area (Å²) in [4.78, 5) is 0. The van der Waals surface area contributed by atoms with Gasteiger partial charge < -0.3 is 4.57 Å². The molecule has 0 amide bonds. The fraction of sp³-hybridized carbons (Fsp3) is 0.162. The lowest BCUT2D eigenvalue weighted by molar-refractivity contribution is -0.633. The van der Waals surface area contributed by atoms with Crippen molar-refractivity contribution < 1.29 is 5.94 Å². The topological polar surface area (TPSA) is 8.81 Å². The number of nitrogens with zero attached hydrogens (tertiary/aromatic N) is 2. The first-order chi connectivity index (χ1) is 19.3. The number of benzene rings is 5. The Hall–Kier alpha value is -4.43. The standard InChI is InChI=1S/C37H33N2/c1-24-25-14-6-7-15-26(25)31(37(2,3)4)22-30(24)35-23-36(29-18-10-11-19-32(29)38(35)5)39-33-20-12-8-16-27(33)28-17-9-13-21-34(28)39/h6-23H,1-5H3/q+1/i20D. The highest BCUT2D eigenvalue weighted by Gasteiger charge is 2.26. The van der Waals surface area contributed by atoms with Gasteiger partial charge in [-0.15, -0.1) is 0 Å². The fourth-order valence-corrected chi connectivity index (χ4v) is 6.36. The molecule has 2 aromatic heterocycles. The summed E-state index contributed by atoms with van der Waals surface area (Å²) in [7, 11) is 2.18. The monoisotopic (exact) mass is 506 g/mol. The summed E-state index contributed by atoms with van der Waals surface area (Å²) in [6.45, 7) is 9.15. The molecule has 0 bridgehead atoms. The molecule has 0 aliphatic rings. The number of para-hydroxylation sites is 3. The van der Waals surface area contributed by atoms with Crippen molar-refractivity contribution in [3.8, 4) is 16.9 Å². The SMILES string of the molecule is [2H]c1cccc2c3ccccc3n(-c3cc(-c4cc(C(C)(C)C)c5ccccc5c4C)[n+](C)c4ccccc34)c12. The smallest absolute Gasteiger partial charge is 0.215 e. The molecule has 0 saturated carbocycles. The molecular formula is C37H33N2+. The summed E-state index contributed by atoms with van der Waals surface area (Å²) in [5, 5.41) is 6.06. The highest BCUT2D eigenvalue weighted by Crippen LogP contribution is 2.39. The highest BCUT2D eigenvalue weighted by molar-refractivity contribution is 6.10. The van der Waals surface area contributed by atoms with Crippen LogP contribution in [0.1, 0.15) is 33.3 Å². The van der Waals surface area contributed by atoms with Crippen LogP contribution in [-0.4, -0.2) is 4.57 Å². The van der Waals surface area contributed by atoms with E-state index in [0.717, 1.165) is 38.7 Å². The van der Waals surface area contributed by atoms with E-state index in [4.69, 9.17) is 1.37 Å². The first-order valence-electron chi connectivity index (χ1n) is 14.2. The number of hydrogen-bond acceptors (Lipinski definition) is 0. The van der Waals surface area contributed by atoms with E-state index in [1.54, 1.807) is 0 Å². The van der Waals surface area contributed by atoms with Crippen LogP contribution in [0, 0.1) is 6.92 Å². The van der Waals surface area contributed by atoms with E-state index in [0.29, 0.717) is 6.04 Å². The Morgan fingerprint density at radius 3 is 2.00 bits per heavy atom. The summed E-state index contributed by atoms with van der Waals surface area (Å²) < 4.78 is 13.6. The van der Waals surface area contributed by atoms with Gasteiger partial charge in [0.25, 0.3) is 0 Å². The maximum absolute atomic E-state index is 8.95. The molecule has 0 spiro atoms. The molecule has 0 unspecified atom stereocenters. The molecule has 0 atom stereocenters. The maximum atomic E-state index is 8.95. The fourth-order valence-electron chi connectivity index (χ4n) is 6.36. The Labute approximate surface area is 231 Å². The molecule has 190 valence electrons. The summed E-state index contributed by atoms with van der Waals surface area (Å²) in [5.41, 5.74) is 9.35. The van der Waals surface area contributed by atoms with Crippen LogP contribution < -0.4 is 4.57 Å². The van der Waals surface area contributed by atoms with Gasteiger partial charge in [-0.25, -0.2) is 0 Å². The molecule has 2 heteroatoms. The molecule has 2 nitrogen and oxygen atoms in total. The van der Waals surface area contributed by atoms with E-state index < -0.39 is 0 Å². The van der Waals surface area contributed by atoms with Gasteiger partial charge in [0.2, 0.25) is 11.2 Å². The second-order valence-electron chi connectivity index (χ2n) is 11.7. The number of rotatable bonds is 2. The number of aryl methyl sites for hydroxylation is 2. The van der Waals surface area contributed by atoms with Gasteiger partial charge in [-0.2, -0.15) is 4.57 Å². The zero-order chi connectivity index (χ0) is 27.8. The average molecular weight is 507 g/mol. The predicted molar refractivity (Wildman–Crippen MR) is 166 cm³/mol. The third kappa shape index (κ3) is 3.51. The summed E-state index contributed by atoms with van der Waals surface area (Å²) in [5.74, 6) is 0. The quantitative estimate of drug-likeness (QED) is 0.207. The minimum absolute atomic E-state index is 0.00669. The van der Waals surface area contributed by atoms with Crippen LogP contribution >= 0.6 is 0 Å². The van der Waals surface area contributed by atoms with Gasteiger partial charge in [0.05, 0.1) is 29.0 Å². The number of fused-ring (bicyclic) bond motifs is 5. The van der Waals surface area contributed by atoms with E-state index in [1.807, 2.05) is 12.1 Å². The first-order valence-corrected chi connectivity index (χ1v) is 13.7. The normalized spacial score (nSPS) is 12.6. The maximum Gasteiger partial charge on any atom is 0.215 e. The van der Waals surface area contributed by atoms with E-state index in [9.17, 15) is 0 Å². The molecule has 0 aliphatic heterocycles. The molecule has 5 aromatic carbocycles. The van der Waals surface area contributed by atoms with Crippen molar-refractivity contribution in [3.05, 3.63) is 120 Å². The highest BCUT2D eigenvalue weighted by atomic mass is 15.0. The van der Waals surface area contributed by atoms with E-state index >= 15 is 0 Å². The molecule has 0 aliphatic carbocycles. The zero-order valence-corrected chi connectivity index (χ0v) is 23.2. The van der Waals surface area contributed by atoms with Gasteiger partial charge in [0.15, 0.2) is 0 Å². The van der Waals surface area contributed by atoms with Gasteiger partial charge in [0.1, 0.15) is 7.05 Å². The van der Waals surface area contributed by atoms with Crippen LogP contribution in [0.4, 0.5) is 0 Å². The third-order valence-corrected chi connectivity index (χ3v) is 8.31. The Balaban J connectivity index is 1.66. The van der Waals surface area contributed by atoms with Crippen molar-refractivity contribution in [1.29, 1.82) is 0 Å². The molecule has 0 saturated heterocycles. The molecule has 39 heavy (non-hydrogen) atoms. The zero-order valence-electron chi connectivity index (χ0n) is 24.2. The Bertz CT molecular complexity index is 2130. The Morgan fingerprint density at radius 1 is 0.667 bits per heavy atom. The van der Waals surface area contributed by atoms with Crippen molar-refractivity contribution in [1.82, 2.24) is 4.57 Å². The average Bonchev–Trinajstić information content (AvgIpc) is 3.29. The molecular weight excluding hydrogens is 472 g/mol. The van der Waals surface area contributed by atoms with Crippen molar-refractivity contribution in [2.24, 2.45) is 7.05 Å². The van der Waals surface area contributed by atoms with E-state index in [1.165, 1.54) is 32.8 Å². The molecule has 7 aromatic rings. The molecule has 0 fully saturated rings. The van der Waals surface area contributed by atoms with Gasteiger partial charge in [-0.3, -0.25) is 0 Å². The van der Waals surface area contributed by atoms with Crippen molar-refractivity contribution >= 4 is 43.5 Å². The number of aromatic nitrogens is 2. The second kappa shape index (κ2) is 8.54. The second-order valence-corrected chi connectivity index (χ2v) is 11.7. The van der Waals surface area contributed by atoms with Crippen molar-refractivity contribution in [2.75, 3.05) is 0 Å². The molecule has 2 heterocycles. The van der Waals surface area contributed by atoms with Gasteiger partial charge in [-0.1, -0.05) is 93.6 Å². The lowest BCUT2D eigenvalue weighted by atomic mass is 9.80.